The van der Waals surface area contributed by atoms with Crippen molar-refractivity contribution >= 4 is 82.6 Å². The molecule has 96 heavy (non-hydrogen) atoms. The number of carbonyl (C=O) groups excluding carboxylic acids is 6. The number of nitrogens with one attached hydrogen (secondary N) is 9. The summed E-state index contributed by atoms with van der Waals surface area (Å²) in [6, 6.07) is -2.83. The minimum atomic E-state index is -1.78. The smallest absolute Gasteiger partial charge is 0.481 e. The van der Waals surface area contributed by atoms with Crippen LogP contribution in [0.2, 0.25) is 0 Å². The van der Waals surface area contributed by atoms with Gasteiger partial charge in [-0.15, -0.1) is 0 Å². The van der Waals surface area contributed by atoms with E-state index < -0.39 is 164 Å². The van der Waals surface area contributed by atoms with E-state index in [1.165, 1.54) is 19.4 Å². The fourth-order valence-corrected chi connectivity index (χ4v) is 9.62. The van der Waals surface area contributed by atoms with Crippen LogP contribution in [0.3, 0.4) is 0 Å². The van der Waals surface area contributed by atoms with E-state index in [4.69, 9.17) is 9.47 Å². The van der Waals surface area contributed by atoms with Crippen LogP contribution >= 0.6 is 0 Å². The molecule has 38 nitrogen and oxygen atoms in total. The van der Waals surface area contributed by atoms with Crippen LogP contribution in [0, 0.1) is 39.9 Å². The first kappa shape index (κ1) is 82.0. The topological polar surface area (TPSA) is 557 Å². The zero-order chi connectivity index (χ0) is 70.1. The number of amides is 6. The summed E-state index contributed by atoms with van der Waals surface area (Å²) < 4.78 is 10.8. The number of carboxylic acid groups (broad SMARTS) is 6. The summed E-state index contributed by atoms with van der Waals surface area (Å²) in [6.07, 6.45) is 1.28. The molecule has 2 heterocycles. The number of rotatable bonds is 42. The average Bonchev–Trinajstić information content (AvgIpc) is 0.884. The van der Waals surface area contributed by atoms with E-state index >= 15 is 0 Å². The number of carboxylic acids is 6. The van der Waals surface area contributed by atoms with Crippen molar-refractivity contribution in [1.29, 1.82) is 0 Å². The number of anilines is 2. The zero-order valence-electron chi connectivity index (χ0n) is 52.3. The maximum atomic E-state index is 13.8. The summed E-state index contributed by atoms with van der Waals surface area (Å²) in [5.41, 5.74) is -0.959. The van der Waals surface area contributed by atoms with Gasteiger partial charge in [-0.3, -0.25) is 81.9 Å². The van der Waals surface area contributed by atoms with Gasteiger partial charge < -0.3 is 97.8 Å². The van der Waals surface area contributed by atoms with Gasteiger partial charge in [0.15, 0.2) is 0 Å². The van der Waals surface area contributed by atoms with Crippen molar-refractivity contribution in [3.63, 3.8) is 0 Å². The number of hydrogen-bond acceptors (Lipinski definition) is 25. The van der Waals surface area contributed by atoms with Crippen LogP contribution in [-0.2, 0) is 79.8 Å². The van der Waals surface area contributed by atoms with Crippen molar-refractivity contribution in [2.24, 2.45) is 0 Å². The molecule has 0 bridgehead atoms. The largest absolute Gasteiger partial charge is 3.00 e. The van der Waals surface area contributed by atoms with Crippen molar-refractivity contribution in [1.82, 2.24) is 61.5 Å². The Morgan fingerprint density at radius 1 is 0.542 bits per heavy atom. The molecule has 1 saturated heterocycles. The van der Waals surface area contributed by atoms with Crippen molar-refractivity contribution in [3.8, 4) is 0 Å². The first-order valence-electron chi connectivity index (χ1n) is 29.9. The monoisotopic (exact) mass is 1500 g/mol. The number of imidazole rings is 1. The quantitative estimate of drug-likeness (QED) is 0.0185. The van der Waals surface area contributed by atoms with Gasteiger partial charge in [-0.25, -0.2) is 9.78 Å². The number of aromatic nitrogens is 2. The molecule has 0 spiro atoms. The summed E-state index contributed by atoms with van der Waals surface area (Å²) in [5.74, 6) is -14.1. The van der Waals surface area contributed by atoms with Crippen molar-refractivity contribution < 1.29 is 148 Å². The second kappa shape index (κ2) is 43.0. The molecule has 1 radical (unpaired) electrons. The number of benzene rings is 1. The molecule has 2 aromatic carbocycles. The van der Waals surface area contributed by atoms with Gasteiger partial charge in [-0.05, 0) is 25.3 Å². The Hall–Kier alpha value is -8.25. The molecule has 3 aromatic rings. The Kier molecular flexibility index (Phi) is 36.8. The minimum Gasteiger partial charge on any atom is -0.481 e. The third-order valence-corrected chi connectivity index (χ3v) is 14.6. The predicted octanol–water partition coefficient (Wildman–Crippen LogP) is -7.47. The van der Waals surface area contributed by atoms with Crippen LogP contribution in [0.5, 0.6) is 0 Å². The Bertz CT molecular complexity index is 3110. The Balaban J connectivity index is 0.0000240. The van der Waals surface area contributed by atoms with E-state index in [9.17, 15) is 108 Å². The number of carbonyl (C=O) groups is 12. The molecule has 7 atom stereocenters. The fraction of sp³-hybridized carbons (Fsp3) is 0.561. The predicted molar refractivity (Wildman–Crippen MR) is 328 cm³/mol. The van der Waals surface area contributed by atoms with Gasteiger partial charge in [0.2, 0.25) is 35.4 Å². The summed E-state index contributed by atoms with van der Waals surface area (Å²) in [6.45, 7) is -2.21. The van der Waals surface area contributed by atoms with Gasteiger partial charge in [0, 0.05) is 90.2 Å². The molecule has 529 valence electrons. The molecule has 6 amide bonds. The third-order valence-electron chi connectivity index (χ3n) is 14.6. The number of ether oxygens (including phenoxy) is 2. The van der Waals surface area contributed by atoms with E-state index in [2.05, 4.69) is 52.5 Å². The van der Waals surface area contributed by atoms with E-state index in [1.807, 2.05) is 0 Å². The molecule has 4 rings (SSSR count). The maximum Gasteiger partial charge on any atom is 3.00 e. The van der Waals surface area contributed by atoms with E-state index in [0.717, 1.165) is 0 Å². The molecule has 1 unspecified atom stereocenters. The van der Waals surface area contributed by atoms with Crippen LogP contribution in [-0.4, -0.2) is 309 Å². The Morgan fingerprint density at radius 3 is 1.52 bits per heavy atom. The molecule has 1 aromatic heterocycles. The SMILES string of the molecule is C[C@H](NC(=O)[C@H](CC(=O)O)NC(=O)COCCOCCNc1c(NCCCC(C(=O)O)N2CCN(CC(=O)O)CCN(CC(=O)O)CCN(CC(=O)O)CC2)c(=O)c1=O)C(=O)N[C@@H](Cc1cnc[nH]1)C(=O)N[C@@H](CO)C(=O)N[C@@H](Cc1ccccc1)C(=O)N[C@@H](CO)C(=O)O.[Gd+3]. The zero-order valence-corrected chi connectivity index (χ0v) is 54.5. The number of H-pyrrole nitrogens is 1. The summed E-state index contributed by atoms with van der Waals surface area (Å²) in [5, 5.41) is 96.8. The molecule has 39 heteroatoms. The van der Waals surface area contributed by atoms with E-state index in [0.29, 0.717) is 5.56 Å². The number of aliphatic hydroxyl groups excluding tert-OH is 2. The fourth-order valence-electron chi connectivity index (χ4n) is 9.62. The second-order valence-electron chi connectivity index (χ2n) is 21.8. The van der Waals surface area contributed by atoms with Gasteiger partial charge in [0.25, 0.3) is 10.9 Å². The first-order chi connectivity index (χ1) is 45.2. The number of nitrogens with zero attached hydrogens (tertiary/aromatic N) is 5. The van der Waals surface area contributed by atoms with Crippen molar-refractivity contribution in [3.05, 3.63) is 74.6 Å². The Morgan fingerprint density at radius 2 is 1.02 bits per heavy atom. The Labute approximate surface area is 579 Å². The molecular formula is C57H82GdN14O24+3. The van der Waals surface area contributed by atoms with Crippen LogP contribution in [0.25, 0.3) is 0 Å². The minimum absolute atomic E-state index is 0. The van der Waals surface area contributed by atoms with Gasteiger partial charge in [0.05, 0.1) is 65.4 Å². The van der Waals surface area contributed by atoms with Gasteiger partial charge in [-0.1, -0.05) is 30.3 Å². The van der Waals surface area contributed by atoms with E-state index in [-0.39, 0.29) is 175 Å². The van der Waals surface area contributed by atoms with Gasteiger partial charge in [0.1, 0.15) is 60.3 Å². The molecule has 1 fully saturated rings. The number of hydrogen-bond donors (Lipinski definition) is 17. The van der Waals surface area contributed by atoms with Crippen LogP contribution < -0.4 is 53.4 Å². The van der Waals surface area contributed by atoms with Crippen molar-refractivity contribution in [2.75, 3.05) is 135 Å². The van der Waals surface area contributed by atoms with E-state index in [1.54, 1.807) is 49.9 Å². The molecule has 17 N–H and O–H groups in total. The first-order valence-corrected chi connectivity index (χ1v) is 29.9. The molecular weight excluding hydrogens is 1420 g/mol. The summed E-state index contributed by atoms with van der Waals surface area (Å²) in [7, 11) is 0. The standard InChI is InChI=1S/C57H82N14O24.Gd/c1-33(51(85)64-37(23-35-25-58-32-61-35)54(88)66-39(29-72)55(89)65-36(22-34-6-3-2-4-7-34)53(87)67-40(30-73)56(90)91)62-52(86)38(24-43(75)76)63-42(74)31-95-21-20-94-19-10-60-48-47(49(83)50(48)84)59-9-5-8-41(57(92)93)71-17-15-69(27-45(79)80)13-11-68(26-44(77)78)12-14-70(16-18-71)28-46(81)82;/h2-4,6-7,25,32-33,36-41,59-60,72-73H,5,8-24,26-31H2,1H3,(H,58,61)(H,62,86)(H,63,74)(H,64,85)(H,65,89)(H,66,88)(H,67,87)(H,75,76)(H,77,78)(H,79,80)(H,81,82)(H,90,91)(H,92,93);/q;+3/t33-,36-,37-,38-,39-,40-,41?;/m0./s1. The van der Waals surface area contributed by atoms with Gasteiger partial charge >= 0.3 is 75.8 Å². The van der Waals surface area contributed by atoms with Gasteiger partial charge in [-0.2, -0.15) is 0 Å². The molecule has 0 aliphatic carbocycles. The molecule has 1 aliphatic heterocycles. The molecule has 1 aliphatic rings. The second-order valence-corrected chi connectivity index (χ2v) is 21.8. The average molecular weight is 1500 g/mol. The maximum absolute atomic E-state index is 13.8. The van der Waals surface area contributed by atoms with Crippen LogP contribution in [0.1, 0.15) is 37.4 Å². The number of aliphatic carboxylic acids is 6. The number of aromatic amines is 1. The third kappa shape index (κ3) is 29.4. The molecule has 0 saturated carbocycles. The normalized spacial score (nSPS) is 15.7. The van der Waals surface area contributed by atoms with Crippen LogP contribution in [0.15, 0.2) is 52.4 Å². The van der Waals surface area contributed by atoms with Crippen LogP contribution in [0.4, 0.5) is 11.4 Å². The summed E-state index contributed by atoms with van der Waals surface area (Å²) in [4.78, 5) is 189. The van der Waals surface area contributed by atoms with Crippen molar-refractivity contribution in [2.45, 2.75) is 81.3 Å². The number of aliphatic hydroxyl groups is 2. The summed E-state index contributed by atoms with van der Waals surface area (Å²) >= 11 is 0.